The van der Waals surface area contributed by atoms with Gasteiger partial charge in [-0.05, 0) is 42.5 Å². The number of hydrogen-bond donors (Lipinski definition) is 4. The van der Waals surface area contributed by atoms with E-state index >= 15 is 0 Å². The first kappa shape index (κ1) is 19.2. The van der Waals surface area contributed by atoms with Crippen LogP contribution in [0.3, 0.4) is 0 Å². The van der Waals surface area contributed by atoms with Gasteiger partial charge < -0.3 is 25.2 Å². The maximum Gasteiger partial charge on any atom is 0.150 e. The number of rotatable bonds is 5. The molecule has 0 aromatic heterocycles. The van der Waals surface area contributed by atoms with Gasteiger partial charge in [-0.25, -0.2) is 0 Å². The van der Waals surface area contributed by atoms with E-state index in [1.807, 2.05) is 18.2 Å². The van der Waals surface area contributed by atoms with Crippen molar-refractivity contribution in [1.29, 1.82) is 0 Å². The smallest absolute Gasteiger partial charge is 0.150 e. The van der Waals surface area contributed by atoms with Crippen LogP contribution in [0.5, 0.6) is 23.0 Å². The Morgan fingerprint density at radius 2 is 1.62 bits per heavy atom. The number of aromatic hydroxyl groups is 3. The van der Waals surface area contributed by atoms with Crippen LogP contribution in [0.1, 0.15) is 34.8 Å². The number of phenolic OH excluding ortho intramolecular Hbond substituents is 3. The normalized spacial score (nSPS) is 18.1. The summed E-state index contributed by atoms with van der Waals surface area (Å²) < 4.78 is 5.91. The summed E-state index contributed by atoms with van der Waals surface area (Å²) in [4.78, 5) is 0. The molecule has 1 heterocycles. The highest BCUT2D eigenvalue weighted by Crippen LogP contribution is 2.45. The van der Waals surface area contributed by atoms with E-state index in [0.717, 1.165) is 12.8 Å². The summed E-state index contributed by atoms with van der Waals surface area (Å²) in [6.45, 7) is 0. The fraction of sp³-hybridized carbons (Fsp3) is 0.250. The van der Waals surface area contributed by atoms with Crippen molar-refractivity contribution in [2.75, 3.05) is 0 Å². The van der Waals surface area contributed by atoms with Crippen LogP contribution in [0.2, 0.25) is 0 Å². The first-order chi connectivity index (χ1) is 14.0. The Hall–Kier alpha value is -3.18. The van der Waals surface area contributed by atoms with Crippen molar-refractivity contribution in [2.45, 2.75) is 37.9 Å². The fourth-order valence-electron chi connectivity index (χ4n) is 3.87. The first-order valence-electron chi connectivity index (χ1n) is 9.77. The van der Waals surface area contributed by atoms with Gasteiger partial charge >= 0.3 is 0 Å². The minimum Gasteiger partial charge on any atom is -0.508 e. The summed E-state index contributed by atoms with van der Waals surface area (Å²) >= 11 is 0. The molecule has 5 nitrogen and oxygen atoms in total. The average molecular weight is 392 g/mol. The monoisotopic (exact) mass is 392 g/mol. The summed E-state index contributed by atoms with van der Waals surface area (Å²) in [6, 6.07) is 18.0. The van der Waals surface area contributed by atoms with E-state index in [4.69, 9.17) is 4.74 Å². The SMILES string of the molecule is Oc1ccc([C@@H]2Oc3cc(O)c(CCCc4ccccc4)c(O)c3C[C@H]2O)cc1. The Morgan fingerprint density at radius 1 is 0.897 bits per heavy atom. The lowest BCUT2D eigenvalue weighted by Gasteiger charge is -2.32. The van der Waals surface area contributed by atoms with Crippen molar-refractivity contribution in [3.8, 4) is 23.0 Å². The summed E-state index contributed by atoms with van der Waals surface area (Å²) in [5, 5.41) is 41.3. The molecule has 0 bridgehead atoms. The highest BCUT2D eigenvalue weighted by atomic mass is 16.5. The number of aliphatic hydroxyl groups excluding tert-OH is 1. The zero-order valence-corrected chi connectivity index (χ0v) is 16.0. The van der Waals surface area contributed by atoms with Gasteiger partial charge in [-0.1, -0.05) is 42.5 Å². The van der Waals surface area contributed by atoms with Crippen molar-refractivity contribution in [2.24, 2.45) is 0 Å². The highest BCUT2D eigenvalue weighted by molar-refractivity contribution is 5.57. The average Bonchev–Trinajstić information content (AvgIpc) is 2.72. The minimum absolute atomic E-state index is 0.00346. The third kappa shape index (κ3) is 4.00. The zero-order valence-electron chi connectivity index (χ0n) is 16.0. The van der Waals surface area contributed by atoms with Gasteiger partial charge in [0.1, 0.15) is 29.1 Å². The third-order valence-corrected chi connectivity index (χ3v) is 5.42. The van der Waals surface area contributed by atoms with E-state index in [1.165, 1.54) is 23.8 Å². The molecule has 0 amide bonds. The Kier molecular flexibility index (Phi) is 5.32. The van der Waals surface area contributed by atoms with E-state index in [-0.39, 0.29) is 23.7 Å². The van der Waals surface area contributed by atoms with Crippen LogP contribution in [0.4, 0.5) is 0 Å². The maximum absolute atomic E-state index is 10.7. The number of fused-ring (bicyclic) bond motifs is 1. The van der Waals surface area contributed by atoms with E-state index in [2.05, 4.69) is 12.1 Å². The molecule has 0 aliphatic carbocycles. The van der Waals surface area contributed by atoms with Crippen LogP contribution in [-0.2, 0) is 19.3 Å². The summed E-state index contributed by atoms with van der Waals surface area (Å²) in [5.41, 5.74) is 2.92. The first-order valence-corrected chi connectivity index (χ1v) is 9.77. The Bertz CT molecular complexity index is 982. The van der Waals surface area contributed by atoms with Gasteiger partial charge in [0.2, 0.25) is 0 Å². The molecule has 3 aromatic rings. The van der Waals surface area contributed by atoms with Gasteiger partial charge in [0.05, 0.1) is 6.10 Å². The molecular formula is C24H24O5. The fourth-order valence-corrected chi connectivity index (χ4v) is 3.87. The van der Waals surface area contributed by atoms with Crippen molar-refractivity contribution in [1.82, 2.24) is 0 Å². The van der Waals surface area contributed by atoms with Gasteiger partial charge in [-0.15, -0.1) is 0 Å². The van der Waals surface area contributed by atoms with E-state index in [9.17, 15) is 20.4 Å². The number of benzene rings is 3. The Labute approximate surface area is 169 Å². The van der Waals surface area contributed by atoms with Gasteiger partial charge in [-0.3, -0.25) is 0 Å². The second-order valence-electron chi connectivity index (χ2n) is 7.44. The van der Waals surface area contributed by atoms with Crippen LogP contribution in [0.25, 0.3) is 0 Å². The molecule has 2 atom stereocenters. The number of aliphatic hydroxyl groups is 1. The molecule has 0 radical (unpaired) electrons. The second-order valence-corrected chi connectivity index (χ2v) is 7.44. The van der Waals surface area contributed by atoms with Crippen LogP contribution in [0, 0.1) is 0 Å². The topological polar surface area (TPSA) is 90.2 Å². The van der Waals surface area contributed by atoms with Crippen molar-refractivity contribution >= 4 is 0 Å². The minimum atomic E-state index is -0.848. The Balaban J connectivity index is 1.53. The van der Waals surface area contributed by atoms with Gasteiger partial charge in [0, 0.05) is 23.6 Å². The molecule has 1 aliphatic heterocycles. The van der Waals surface area contributed by atoms with Gasteiger partial charge in [0.25, 0.3) is 0 Å². The molecule has 0 saturated carbocycles. The molecule has 3 aromatic carbocycles. The second kappa shape index (κ2) is 8.05. The molecule has 150 valence electrons. The number of ether oxygens (including phenoxy) is 1. The van der Waals surface area contributed by atoms with Crippen LogP contribution < -0.4 is 4.74 Å². The zero-order chi connectivity index (χ0) is 20.4. The van der Waals surface area contributed by atoms with Crippen molar-refractivity contribution in [3.05, 3.63) is 82.9 Å². The van der Waals surface area contributed by atoms with Crippen LogP contribution in [0.15, 0.2) is 60.7 Å². The molecule has 4 rings (SSSR count). The van der Waals surface area contributed by atoms with Crippen molar-refractivity contribution in [3.63, 3.8) is 0 Å². The largest absolute Gasteiger partial charge is 0.508 e. The van der Waals surface area contributed by atoms with Crippen LogP contribution in [-0.4, -0.2) is 26.5 Å². The van der Waals surface area contributed by atoms with E-state index in [1.54, 1.807) is 12.1 Å². The van der Waals surface area contributed by atoms with E-state index < -0.39 is 12.2 Å². The molecule has 4 N–H and O–H groups in total. The number of aryl methyl sites for hydroxylation is 1. The number of phenols is 3. The summed E-state index contributed by atoms with van der Waals surface area (Å²) in [6.07, 6.45) is 0.892. The lowest BCUT2D eigenvalue weighted by Crippen LogP contribution is -2.30. The molecule has 29 heavy (non-hydrogen) atoms. The molecule has 5 heteroatoms. The summed E-state index contributed by atoms with van der Waals surface area (Å²) in [5.74, 6) is 0.497. The molecular weight excluding hydrogens is 368 g/mol. The quantitative estimate of drug-likeness (QED) is 0.527. The highest BCUT2D eigenvalue weighted by Gasteiger charge is 2.33. The van der Waals surface area contributed by atoms with Gasteiger partial charge in [-0.2, -0.15) is 0 Å². The molecule has 0 spiro atoms. The predicted octanol–water partition coefficient (Wildman–Crippen LogP) is 4.02. The lowest BCUT2D eigenvalue weighted by atomic mass is 9.91. The molecule has 1 aliphatic rings. The van der Waals surface area contributed by atoms with Gasteiger partial charge in [0.15, 0.2) is 0 Å². The maximum atomic E-state index is 10.7. The number of hydrogen-bond acceptors (Lipinski definition) is 5. The predicted molar refractivity (Wildman–Crippen MR) is 109 cm³/mol. The molecule has 0 saturated heterocycles. The van der Waals surface area contributed by atoms with E-state index in [0.29, 0.717) is 28.9 Å². The lowest BCUT2D eigenvalue weighted by molar-refractivity contribution is 0.0197. The Morgan fingerprint density at radius 3 is 2.34 bits per heavy atom. The standard InChI is InChI=1S/C24H24O5/c25-17-11-9-16(10-12-17)24-21(27)13-19-22(29-24)14-20(26)18(23(19)28)8-4-7-15-5-2-1-3-6-15/h1-3,5-6,9-12,14,21,24-28H,4,7-8,13H2/t21-,24+/m1/s1. The van der Waals surface area contributed by atoms with Crippen molar-refractivity contribution < 1.29 is 25.2 Å². The molecule has 0 unspecified atom stereocenters. The molecule has 0 fully saturated rings. The van der Waals surface area contributed by atoms with Crippen LogP contribution >= 0.6 is 0 Å². The summed E-state index contributed by atoms with van der Waals surface area (Å²) in [7, 11) is 0. The third-order valence-electron chi connectivity index (χ3n) is 5.42.